The highest BCUT2D eigenvalue weighted by molar-refractivity contribution is 7.92. The van der Waals surface area contributed by atoms with Gasteiger partial charge in [-0.25, -0.2) is 8.42 Å². The molecule has 2 aromatic carbocycles. The second-order valence-corrected chi connectivity index (χ2v) is 7.55. The Morgan fingerprint density at radius 3 is 2.23 bits per heavy atom. The van der Waals surface area contributed by atoms with Crippen molar-refractivity contribution in [2.45, 2.75) is 11.1 Å². The largest absolute Gasteiger partial charge is 0.405 e. The van der Waals surface area contributed by atoms with Crippen molar-refractivity contribution in [3.05, 3.63) is 58.1 Å². The molecule has 0 atom stereocenters. The van der Waals surface area contributed by atoms with E-state index in [1.807, 2.05) is 0 Å². The lowest BCUT2D eigenvalue weighted by atomic mass is 10.2. The molecule has 11 heteroatoms. The third-order valence-corrected chi connectivity index (χ3v) is 5.14. The van der Waals surface area contributed by atoms with E-state index in [0.29, 0.717) is 5.02 Å². The predicted molar refractivity (Wildman–Crippen MR) is 92.1 cm³/mol. The number of halogens is 5. The van der Waals surface area contributed by atoms with Gasteiger partial charge < -0.3 is 5.32 Å². The SMILES string of the molecule is O=C(NCC(F)(F)F)c1ccc(Cl)c(S(=O)(=O)Nc2ccc(Cl)cc2)c1. The van der Waals surface area contributed by atoms with E-state index in [1.54, 1.807) is 5.32 Å². The van der Waals surface area contributed by atoms with Crippen LogP contribution in [0.5, 0.6) is 0 Å². The summed E-state index contributed by atoms with van der Waals surface area (Å²) >= 11 is 11.6. The summed E-state index contributed by atoms with van der Waals surface area (Å²) in [6.45, 7) is -1.54. The van der Waals surface area contributed by atoms with E-state index < -0.39 is 33.5 Å². The van der Waals surface area contributed by atoms with E-state index in [9.17, 15) is 26.4 Å². The van der Waals surface area contributed by atoms with Crippen LogP contribution in [0.15, 0.2) is 47.4 Å². The van der Waals surface area contributed by atoms with Gasteiger partial charge in [0.05, 0.1) is 5.02 Å². The van der Waals surface area contributed by atoms with Crippen molar-refractivity contribution in [3.8, 4) is 0 Å². The van der Waals surface area contributed by atoms with Crippen LogP contribution in [0.3, 0.4) is 0 Å². The summed E-state index contributed by atoms with van der Waals surface area (Å²) in [6.07, 6.45) is -4.59. The van der Waals surface area contributed by atoms with Gasteiger partial charge in [0.15, 0.2) is 0 Å². The van der Waals surface area contributed by atoms with Gasteiger partial charge in [-0.15, -0.1) is 0 Å². The normalized spacial score (nSPS) is 11.9. The monoisotopic (exact) mass is 426 g/mol. The first-order valence-corrected chi connectivity index (χ1v) is 9.15. The first kappa shape index (κ1) is 20.3. The number of sulfonamides is 1. The molecular weight excluding hydrogens is 416 g/mol. The quantitative estimate of drug-likeness (QED) is 0.755. The molecule has 2 rings (SSSR count). The third kappa shape index (κ3) is 5.52. The van der Waals surface area contributed by atoms with Gasteiger partial charge in [0, 0.05) is 16.3 Å². The van der Waals surface area contributed by atoms with Crippen LogP contribution in [-0.4, -0.2) is 27.0 Å². The molecule has 0 aromatic heterocycles. The molecule has 0 saturated heterocycles. The van der Waals surface area contributed by atoms with E-state index in [0.717, 1.165) is 18.2 Å². The van der Waals surface area contributed by atoms with Crippen LogP contribution in [0.4, 0.5) is 18.9 Å². The minimum atomic E-state index is -4.59. The van der Waals surface area contributed by atoms with Crippen molar-refractivity contribution >= 4 is 44.8 Å². The Kier molecular flexibility index (Phi) is 6.05. The zero-order chi connectivity index (χ0) is 19.5. The van der Waals surface area contributed by atoms with Gasteiger partial charge in [0.25, 0.3) is 15.9 Å². The fourth-order valence-corrected chi connectivity index (χ4v) is 3.57. The first-order valence-electron chi connectivity index (χ1n) is 6.91. The number of benzene rings is 2. The molecular formula is C15H11Cl2F3N2O3S. The molecule has 2 N–H and O–H groups in total. The van der Waals surface area contributed by atoms with Crippen LogP contribution in [-0.2, 0) is 10.0 Å². The molecule has 0 unspecified atom stereocenters. The number of anilines is 1. The zero-order valence-corrected chi connectivity index (χ0v) is 15.1. The van der Waals surface area contributed by atoms with Crippen LogP contribution < -0.4 is 10.0 Å². The van der Waals surface area contributed by atoms with E-state index in [4.69, 9.17) is 23.2 Å². The molecule has 140 valence electrons. The highest BCUT2D eigenvalue weighted by Crippen LogP contribution is 2.26. The Balaban J connectivity index is 2.27. The molecule has 0 spiro atoms. The van der Waals surface area contributed by atoms with Crippen LogP contribution in [0.1, 0.15) is 10.4 Å². The predicted octanol–water partition coefficient (Wildman–Crippen LogP) is 4.09. The smallest absolute Gasteiger partial charge is 0.343 e. The van der Waals surface area contributed by atoms with Crippen molar-refractivity contribution in [2.24, 2.45) is 0 Å². The van der Waals surface area contributed by atoms with Crippen LogP contribution in [0.2, 0.25) is 10.0 Å². The summed E-state index contributed by atoms with van der Waals surface area (Å²) in [5, 5.41) is 1.86. The first-order chi connectivity index (χ1) is 12.0. The van der Waals surface area contributed by atoms with Crippen LogP contribution in [0, 0.1) is 0 Å². The van der Waals surface area contributed by atoms with Crippen LogP contribution >= 0.6 is 23.2 Å². The maximum Gasteiger partial charge on any atom is 0.405 e. The van der Waals surface area contributed by atoms with Crippen LogP contribution in [0.25, 0.3) is 0 Å². The summed E-state index contributed by atoms with van der Waals surface area (Å²) in [6, 6.07) is 8.87. The minimum Gasteiger partial charge on any atom is -0.343 e. The second-order valence-electron chi connectivity index (χ2n) is 5.06. The van der Waals surface area contributed by atoms with Gasteiger partial charge in [-0.3, -0.25) is 9.52 Å². The Morgan fingerprint density at radius 2 is 1.65 bits per heavy atom. The maximum absolute atomic E-state index is 12.5. The number of nitrogens with one attached hydrogen (secondary N) is 2. The number of hydrogen-bond donors (Lipinski definition) is 2. The molecule has 26 heavy (non-hydrogen) atoms. The summed E-state index contributed by atoms with van der Waals surface area (Å²) < 4.78 is 63.7. The van der Waals surface area contributed by atoms with Gasteiger partial charge >= 0.3 is 6.18 Å². The number of alkyl halides is 3. The summed E-state index contributed by atoms with van der Waals surface area (Å²) in [5.74, 6) is -1.08. The zero-order valence-electron chi connectivity index (χ0n) is 12.8. The standard InChI is InChI=1S/C15H11Cl2F3N2O3S/c16-10-2-4-11(5-3-10)22-26(24,25)13-7-9(1-6-12(13)17)14(23)21-8-15(18,19)20/h1-7,22H,8H2,(H,21,23). The summed E-state index contributed by atoms with van der Waals surface area (Å²) in [5.41, 5.74) is -0.0903. The molecule has 0 aliphatic heterocycles. The lowest BCUT2D eigenvalue weighted by molar-refractivity contribution is -0.123. The van der Waals surface area contributed by atoms with Crippen molar-refractivity contribution in [1.82, 2.24) is 5.32 Å². The molecule has 0 aliphatic rings. The van der Waals surface area contributed by atoms with E-state index in [1.165, 1.54) is 24.3 Å². The maximum atomic E-state index is 12.5. The van der Waals surface area contributed by atoms with E-state index >= 15 is 0 Å². The summed E-state index contributed by atoms with van der Waals surface area (Å²) in [4.78, 5) is 11.3. The Labute approximate surface area is 157 Å². The van der Waals surface area contributed by atoms with E-state index in [2.05, 4.69) is 4.72 Å². The van der Waals surface area contributed by atoms with Gasteiger partial charge in [-0.2, -0.15) is 13.2 Å². The van der Waals surface area contributed by atoms with Crippen molar-refractivity contribution in [3.63, 3.8) is 0 Å². The van der Waals surface area contributed by atoms with Gasteiger partial charge in [0.1, 0.15) is 11.4 Å². The fraction of sp³-hybridized carbons (Fsp3) is 0.133. The number of rotatable bonds is 5. The highest BCUT2D eigenvalue weighted by Gasteiger charge is 2.28. The van der Waals surface area contributed by atoms with Crippen molar-refractivity contribution in [2.75, 3.05) is 11.3 Å². The lowest BCUT2D eigenvalue weighted by Gasteiger charge is -2.12. The number of carbonyl (C=O) groups excluding carboxylic acids is 1. The Hall–Kier alpha value is -1.97. The Morgan fingerprint density at radius 1 is 1.04 bits per heavy atom. The molecule has 0 radical (unpaired) electrons. The average molecular weight is 427 g/mol. The molecule has 0 bridgehead atoms. The van der Waals surface area contributed by atoms with Gasteiger partial charge in [0.2, 0.25) is 0 Å². The second kappa shape index (κ2) is 7.73. The fourth-order valence-electron chi connectivity index (χ4n) is 1.86. The number of hydrogen-bond acceptors (Lipinski definition) is 3. The molecule has 2 aromatic rings. The Bertz CT molecular complexity index is 917. The molecule has 0 fully saturated rings. The highest BCUT2D eigenvalue weighted by atomic mass is 35.5. The number of amides is 1. The molecule has 0 aliphatic carbocycles. The third-order valence-electron chi connectivity index (χ3n) is 3.03. The summed E-state index contributed by atoms with van der Waals surface area (Å²) in [7, 11) is -4.18. The van der Waals surface area contributed by atoms with Gasteiger partial charge in [-0.05, 0) is 42.5 Å². The molecule has 5 nitrogen and oxygen atoms in total. The number of carbonyl (C=O) groups is 1. The topological polar surface area (TPSA) is 75.3 Å². The lowest BCUT2D eigenvalue weighted by Crippen LogP contribution is -2.33. The average Bonchev–Trinajstić information content (AvgIpc) is 2.54. The van der Waals surface area contributed by atoms with Gasteiger partial charge in [-0.1, -0.05) is 23.2 Å². The van der Waals surface area contributed by atoms with E-state index in [-0.39, 0.29) is 16.3 Å². The molecule has 1 amide bonds. The molecule has 0 saturated carbocycles. The molecule has 0 heterocycles. The van der Waals surface area contributed by atoms with Crippen molar-refractivity contribution in [1.29, 1.82) is 0 Å². The minimum absolute atomic E-state index is 0.192. The van der Waals surface area contributed by atoms with Crippen molar-refractivity contribution < 1.29 is 26.4 Å².